The van der Waals surface area contributed by atoms with Crippen LogP contribution in [0.4, 0.5) is 11.6 Å². The lowest BCUT2D eigenvalue weighted by Crippen LogP contribution is -2.27. The van der Waals surface area contributed by atoms with E-state index in [9.17, 15) is 4.79 Å². The Morgan fingerprint density at radius 1 is 1.08 bits per heavy atom. The van der Waals surface area contributed by atoms with E-state index in [1.807, 2.05) is 30.3 Å². The van der Waals surface area contributed by atoms with Crippen molar-refractivity contribution in [1.82, 2.24) is 30.4 Å². The predicted octanol–water partition coefficient (Wildman–Crippen LogP) is 3.77. The van der Waals surface area contributed by atoms with Crippen LogP contribution in [0.15, 0.2) is 54.7 Å². The minimum absolute atomic E-state index is 0.487. The second-order valence-corrected chi connectivity index (χ2v) is 10.1. The minimum atomic E-state index is 0.487. The van der Waals surface area contributed by atoms with Crippen LogP contribution in [0.2, 0.25) is 0 Å². The number of nitrogens with one attached hydrogen (secondary N) is 3. The van der Waals surface area contributed by atoms with E-state index in [0.717, 1.165) is 55.2 Å². The van der Waals surface area contributed by atoms with E-state index in [2.05, 4.69) is 70.0 Å². The highest BCUT2D eigenvalue weighted by atomic mass is 16.1. The summed E-state index contributed by atoms with van der Waals surface area (Å²) in [6, 6.07) is 17.3. The molecule has 0 radical (unpaired) electrons. The van der Waals surface area contributed by atoms with Crippen LogP contribution in [0.3, 0.4) is 0 Å². The first-order chi connectivity index (χ1) is 18.0. The highest BCUT2D eigenvalue weighted by molar-refractivity contribution is 5.63. The highest BCUT2D eigenvalue weighted by Gasteiger charge is 2.20. The molecule has 3 N–H and O–H groups in total. The number of nitrogens with zero attached hydrogens (tertiary/aromatic N) is 4. The van der Waals surface area contributed by atoms with Crippen LogP contribution >= 0.6 is 0 Å². The third-order valence-electron chi connectivity index (χ3n) is 6.72. The Labute approximate surface area is 220 Å². The summed E-state index contributed by atoms with van der Waals surface area (Å²) in [5.74, 6) is 0.562. The van der Waals surface area contributed by atoms with Gasteiger partial charge < -0.3 is 20.9 Å². The fourth-order valence-corrected chi connectivity index (χ4v) is 4.73. The predicted molar refractivity (Wildman–Crippen MR) is 149 cm³/mol. The van der Waals surface area contributed by atoms with Crippen molar-refractivity contribution in [3.63, 3.8) is 0 Å². The Morgan fingerprint density at radius 3 is 2.73 bits per heavy atom. The van der Waals surface area contributed by atoms with Gasteiger partial charge in [-0.25, -0.2) is 9.97 Å². The lowest BCUT2D eigenvalue weighted by Gasteiger charge is -2.22. The van der Waals surface area contributed by atoms with Crippen LogP contribution in [0.25, 0.3) is 11.3 Å². The smallest absolute Gasteiger partial charge is 0.227 e. The van der Waals surface area contributed by atoms with E-state index in [-0.39, 0.29) is 0 Å². The van der Waals surface area contributed by atoms with Gasteiger partial charge in [0.05, 0.1) is 5.69 Å². The summed E-state index contributed by atoms with van der Waals surface area (Å²) in [6.45, 7) is 7.67. The third kappa shape index (κ3) is 8.08. The van der Waals surface area contributed by atoms with E-state index in [1.54, 1.807) is 6.20 Å². The van der Waals surface area contributed by atoms with Gasteiger partial charge in [-0.05, 0) is 81.4 Å². The lowest BCUT2D eigenvalue weighted by atomic mass is 10.1. The quantitative estimate of drug-likeness (QED) is 0.243. The second-order valence-electron chi connectivity index (χ2n) is 10.1. The highest BCUT2D eigenvalue weighted by Crippen LogP contribution is 2.25. The number of carbonyl (C=O) groups is 1. The normalized spacial score (nSPS) is 15.7. The summed E-state index contributed by atoms with van der Waals surface area (Å²) in [5.41, 5.74) is 6.38. The van der Waals surface area contributed by atoms with Crippen molar-refractivity contribution in [2.45, 2.75) is 45.4 Å². The van der Waals surface area contributed by atoms with Gasteiger partial charge in [0, 0.05) is 56.2 Å². The van der Waals surface area contributed by atoms with Crippen molar-refractivity contribution in [2.75, 3.05) is 39.0 Å². The fourth-order valence-electron chi connectivity index (χ4n) is 4.73. The molecular weight excluding hydrogens is 462 g/mol. The lowest BCUT2D eigenvalue weighted by molar-refractivity contribution is -0.109. The molecule has 0 aliphatic carbocycles. The monoisotopic (exact) mass is 501 g/mol. The molecule has 1 aliphatic heterocycles. The van der Waals surface area contributed by atoms with E-state index in [4.69, 9.17) is 4.98 Å². The molecule has 1 aliphatic rings. The number of carbonyl (C=O) groups excluding carboxylic acids is 1. The summed E-state index contributed by atoms with van der Waals surface area (Å²) in [7, 11) is 4.18. The molecule has 4 rings (SSSR count). The van der Waals surface area contributed by atoms with Crippen molar-refractivity contribution < 1.29 is 4.79 Å². The summed E-state index contributed by atoms with van der Waals surface area (Å²) < 4.78 is 0. The first-order valence-corrected chi connectivity index (χ1v) is 13.1. The first-order valence-electron chi connectivity index (χ1n) is 13.1. The molecule has 1 unspecified atom stereocenters. The van der Waals surface area contributed by atoms with Crippen LogP contribution < -0.4 is 16.0 Å². The van der Waals surface area contributed by atoms with Crippen molar-refractivity contribution in [1.29, 1.82) is 0 Å². The molecule has 1 aromatic heterocycles. The molecule has 37 heavy (non-hydrogen) atoms. The fraction of sp³-hybridized carbons (Fsp3) is 0.414. The maximum Gasteiger partial charge on any atom is 0.227 e. The maximum atomic E-state index is 10.7. The Balaban J connectivity index is 1.53. The molecule has 1 amide bonds. The van der Waals surface area contributed by atoms with Gasteiger partial charge in [-0.1, -0.05) is 24.3 Å². The largest absolute Gasteiger partial charge is 0.355 e. The second kappa shape index (κ2) is 13.3. The van der Waals surface area contributed by atoms with Crippen LogP contribution in [-0.2, 0) is 24.4 Å². The standard InChI is InChI=1S/C29H39N7O/c1-22-6-5-12-36(22)20-25-14-24(19-30-11-13-35(2)3)16-27(17-25)33-29-32-10-9-28(34-29)26-8-4-7-23(15-26)18-31-21-37/h4,7-10,14-17,21-22,30H,5-6,11-13,18-20H2,1-3H3,(H,31,37)(H,32,33,34). The molecule has 0 spiro atoms. The number of rotatable bonds is 13. The number of hydrogen-bond donors (Lipinski definition) is 3. The van der Waals surface area contributed by atoms with Gasteiger partial charge in [0.1, 0.15) is 0 Å². The first kappa shape index (κ1) is 26.7. The Morgan fingerprint density at radius 2 is 1.95 bits per heavy atom. The Kier molecular flexibility index (Phi) is 9.59. The van der Waals surface area contributed by atoms with Gasteiger partial charge in [-0.15, -0.1) is 0 Å². The topological polar surface area (TPSA) is 85.4 Å². The maximum absolute atomic E-state index is 10.7. The summed E-state index contributed by atoms with van der Waals surface area (Å²) in [5, 5.41) is 9.73. The van der Waals surface area contributed by atoms with E-state index < -0.39 is 0 Å². The van der Waals surface area contributed by atoms with Gasteiger partial charge in [0.2, 0.25) is 12.4 Å². The van der Waals surface area contributed by atoms with E-state index >= 15 is 0 Å². The van der Waals surface area contributed by atoms with Crippen LogP contribution in [-0.4, -0.2) is 65.9 Å². The number of aromatic nitrogens is 2. The van der Waals surface area contributed by atoms with Crippen molar-refractivity contribution in [3.8, 4) is 11.3 Å². The van der Waals surface area contributed by atoms with E-state index in [0.29, 0.717) is 24.9 Å². The van der Waals surface area contributed by atoms with Crippen LogP contribution in [0.1, 0.15) is 36.5 Å². The van der Waals surface area contributed by atoms with Crippen LogP contribution in [0, 0.1) is 0 Å². The van der Waals surface area contributed by atoms with Gasteiger partial charge in [-0.2, -0.15) is 0 Å². The van der Waals surface area contributed by atoms with Gasteiger partial charge in [-0.3, -0.25) is 9.69 Å². The number of amides is 1. The molecule has 2 aromatic carbocycles. The van der Waals surface area contributed by atoms with Crippen molar-refractivity contribution in [3.05, 3.63) is 71.4 Å². The molecular formula is C29H39N7O. The van der Waals surface area contributed by atoms with Gasteiger partial charge in [0.25, 0.3) is 0 Å². The molecule has 196 valence electrons. The molecule has 0 saturated carbocycles. The summed E-state index contributed by atoms with van der Waals surface area (Å²) in [4.78, 5) is 24.7. The SMILES string of the molecule is CC1CCCN1Cc1cc(CNCCN(C)C)cc(Nc2nccc(-c3cccc(CNC=O)c3)n2)c1. The number of likely N-dealkylation sites (N-methyl/N-ethyl adjacent to an activating group) is 1. The van der Waals surface area contributed by atoms with Crippen molar-refractivity contribution in [2.24, 2.45) is 0 Å². The van der Waals surface area contributed by atoms with Crippen LogP contribution in [0.5, 0.6) is 0 Å². The molecule has 2 heterocycles. The molecule has 1 fully saturated rings. The third-order valence-corrected chi connectivity index (χ3v) is 6.72. The van der Waals surface area contributed by atoms with Gasteiger partial charge >= 0.3 is 0 Å². The zero-order chi connectivity index (χ0) is 26.0. The molecule has 1 saturated heterocycles. The number of benzene rings is 2. The van der Waals surface area contributed by atoms with Crippen molar-refractivity contribution >= 4 is 18.0 Å². The average molecular weight is 502 g/mol. The summed E-state index contributed by atoms with van der Waals surface area (Å²) >= 11 is 0. The Hall–Kier alpha value is -3.33. The zero-order valence-electron chi connectivity index (χ0n) is 22.2. The number of hydrogen-bond acceptors (Lipinski definition) is 7. The number of anilines is 2. The molecule has 8 nitrogen and oxygen atoms in total. The number of likely N-dealkylation sites (tertiary alicyclic amines) is 1. The van der Waals surface area contributed by atoms with Gasteiger partial charge in [0.15, 0.2) is 0 Å². The molecule has 3 aromatic rings. The Bertz CT molecular complexity index is 1170. The van der Waals surface area contributed by atoms with E-state index in [1.165, 1.54) is 24.0 Å². The summed E-state index contributed by atoms with van der Waals surface area (Å²) in [6.07, 6.45) is 5.03. The molecule has 8 heteroatoms. The zero-order valence-corrected chi connectivity index (χ0v) is 22.2. The molecule has 0 bridgehead atoms. The molecule has 1 atom stereocenters. The average Bonchev–Trinajstić information content (AvgIpc) is 3.29. The minimum Gasteiger partial charge on any atom is -0.355 e.